The van der Waals surface area contributed by atoms with Crippen LogP contribution in [0.25, 0.3) is 10.8 Å². The first kappa shape index (κ1) is 10.5. The maximum Gasteiger partial charge on any atom is 0.221 e. The summed E-state index contributed by atoms with van der Waals surface area (Å²) in [5.41, 5.74) is 1.71. The third kappa shape index (κ3) is 1.98. The summed E-state index contributed by atoms with van der Waals surface area (Å²) in [6, 6.07) is 9.17. The summed E-state index contributed by atoms with van der Waals surface area (Å²) in [4.78, 5) is 10.9. The molecule has 1 amide bonds. The third-order valence-electron chi connectivity index (χ3n) is 2.40. The lowest BCUT2D eigenvalue weighted by Crippen LogP contribution is -2.05. The van der Waals surface area contributed by atoms with Gasteiger partial charge in [-0.15, -0.1) is 0 Å². The second kappa shape index (κ2) is 3.85. The van der Waals surface area contributed by atoms with Crippen molar-refractivity contribution in [2.24, 2.45) is 0 Å². The number of amides is 1. The molecule has 0 aliphatic carbocycles. The summed E-state index contributed by atoms with van der Waals surface area (Å²) in [5.74, 6) is 0.119. The molecule has 2 aromatic carbocycles. The molecule has 0 saturated heterocycles. The highest BCUT2D eigenvalue weighted by Gasteiger charge is 2.03. The normalized spacial score (nSPS) is 10.4. The van der Waals surface area contributed by atoms with Crippen molar-refractivity contribution in [2.75, 3.05) is 5.32 Å². The highest BCUT2D eigenvalue weighted by atomic mass is 16.3. The minimum absolute atomic E-state index is 0.119. The zero-order valence-corrected chi connectivity index (χ0v) is 9.24. The third-order valence-corrected chi connectivity index (χ3v) is 2.40. The Balaban J connectivity index is 2.57. The summed E-state index contributed by atoms with van der Waals surface area (Å²) >= 11 is 0. The van der Waals surface area contributed by atoms with Crippen molar-refractivity contribution in [3.05, 3.63) is 35.9 Å². The fourth-order valence-corrected chi connectivity index (χ4v) is 1.77. The number of carbonyl (C=O) groups excluding carboxylic acids is 1. The van der Waals surface area contributed by atoms with E-state index in [-0.39, 0.29) is 11.7 Å². The lowest BCUT2D eigenvalue weighted by Gasteiger charge is -2.06. The fraction of sp³-hybridized carbons (Fsp3) is 0.154. The molecule has 0 heterocycles. The van der Waals surface area contributed by atoms with Gasteiger partial charge in [0, 0.05) is 18.0 Å². The van der Waals surface area contributed by atoms with Crippen LogP contribution in [0.15, 0.2) is 30.3 Å². The van der Waals surface area contributed by atoms with Gasteiger partial charge in [0.15, 0.2) is 0 Å². The molecule has 0 unspecified atom stereocenters. The molecule has 0 spiro atoms. The molecule has 0 aromatic heterocycles. The van der Waals surface area contributed by atoms with Crippen molar-refractivity contribution in [1.29, 1.82) is 0 Å². The smallest absolute Gasteiger partial charge is 0.221 e. The highest BCUT2D eigenvalue weighted by Crippen LogP contribution is 2.28. The van der Waals surface area contributed by atoms with Crippen LogP contribution in [-0.4, -0.2) is 11.0 Å². The quantitative estimate of drug-likeness (QED) is 0.768. The molecular formula is C13H13NO2. The molecule has 16 heavy (non-hydrogen) atoms. The van der Waals surface area contributed by atoms with Gasteiger partial charge in [-0.25, -0.2) is 0 Å². The van der Waals surface area contributed by atoms with E-state index in [1.165, 1.54) is 6.92 Å². The topological polar surface area (TPSA) is 49.3 Å². The molecule has 82 valence electrons. The molecule has 0 fully saturated rings. The number of aromatic hydroxyl groups is 1. The zero-order valence-electron chi connectivity index (χ0n) is 9.24. The van der Waals surface area contributed by atoms with Gasteiger partial charge in [-0.05, 0) is 36.1 Å². The van der Waals surface area contributed by atoms with E-state index in [0.29, 0.717) is 5.69 Å². The predicted octanol–water partition coefficient (Wildman–Crippen LogP) is 2.81. The minimum Gasteiger partial charge on any atom is -0.507 e. The largest absolute Gasteiger partial charge is 0.507 e. The van der Waals surface area contributed by atoms with Crippen LogP contribution in [0.5, 0.6) is 5.75 Å². The van der Waals surface area contributed by atoms with Gasteiger partial charge in [0.05, 0.1) is 0 Å². The van der Waals surface area contributed by atoms with E-state index in [4.69, 9.17) is 0 Å². The number of fused-ring (bicyclic) bond motifs is 1. The van der Waals surface area contributed by atoms with E-state index >= 15 is 0 Å². The second-order valence-electron chi connectivity index (χ2n) is 3.90. The molecule has 0 radical (unpaired) electrons. The molecule has 3 nitrogen and oxygen atoms in total. The molecule has 2 aromatic rings. The molecule has 0 atom stereocenters. The van der Waals surface area contributed by atoms with Crippen LogP contribution in [0.1, 0.15) is 12.5 Å². The number of rotatable bonds is 1. The summed E-state index contributed by atoms with van der Waals surface area (Å²) < 4.78 is 0. The summed E-state index contributed by atoms with van der Waals surface area (Å²) in [6.07, 6.45) is 0. The average Bonchev–Trinajstić information content (AvgIpc) is 2.18. The molecule has 0 aliphatic rings. The maximum atomic E-state index is 10.9. The van der Waals surface area contributed by atoms with Crippen LogP contribution >= 0.6 is 0 Å². The number of phenols is 1. The standard InChI is InChI=1S/C13H13NO2/c1-8-5-10-3-4-11(14-9(2)15)7-12(10)13(16)6-8/h3-7,16H,1-2H3,(H,14,15). The molecule has 0 saturated carbocycles. The maximum absolute atomic E-state index is 10.9. The van der Waals surface area contributed by atoms with E-state index in [1.807, 2.05) is 25.1 Å². The van der Waals surface area contributed by atoms with Crippen LogP contribution in [-0.2, 0) is 4.79 Å². The Labute approximate surface area is 93.7 Å². The lowest BCUT2D eigenvalue weighted by molar-refractivity contribution is -0.114. The average molecular weight is 215 g/mol. The van der Waals surface area contributed by atoms with Crippen molar-refractivity contribution >= 4 is 22.4 Å². The van der Waals surface area contributed by atoms with Gasteiger partial charge in [-0.2, -0.15) is 0 Å². The van der Waals surface area contributed by atoms with Crippen LogP contribution in [0, 0.1) is 6.92 Å². The van der Waals surface area contributed by atoms with Crippen LogP contribution in [0.4, 0.5) is 5.69 Å². The van der Waals surface area contributed by atoms with Gasteiger partial charge in [0.1, 0.15) is 5.75 Å². The van der Waals surface area contributed by atoms with Gasteiger partial charge in [0.2, 0.25) is 5.91 Å². The predicted molar refractivity (Wildman–Crippen MR) is 64.7 cm³/mol. The van der Waals surface area contributed by atoms with Crippen LogP contribution in [0.3, 0.4) is 0 Å². The Morgan fingerprint density at radius 2 is 2.00 bits per heavy atom. The molecule has 2 rings (SSSR count). The molecule has 2 N–H and O–H groups in total. The summed E-state index contributed by atoms with van der Waals surface area (Å²) in [7, 11) is 0. The zero-order chi connectivity index (χ0) is 11.7. The first-order valence-electron chi connectivity index (χ1n) is 5.07. The Hall–Kier alpha value is -2.03. The number of phenolic OH excluding ortho intramolecular Hbond substituents is 1. The SMILES string of the molecule is CC(=O)Nc1ccc2cc(C)cc(O)c2c1. The van der Waals surface area contributed by atoms with Gasteiger partial charge >= 0.3 is 0 Å². The Morgan fingerprint density at radius 1 is 1.25 bits per heavy atom. The number of hydrogen-bond acceptors (Lipinski definition) is 2. The van der Waals surface area contributed by atoms with E-state index < -0.39 is 0 Å². The Morgan fingerprint density at radius 3 is 2.69 bits per heavy atom. The number of carbonyl (C=O) groups is 1. The highest BCUT2D eigenvalue weighted by molar-refractivity contribution is 5.95. The number of hydrogen-bond donors (Lipinski definition) is 2. The van der Waals surface area contributed by atoms with Gasteiger partial charge in [-0.1, -0.05) is 12.1 Å². The summed E-state index contributed by atoms with van der Waals surface area (Å²) in [6.45, 7) is 3.39. The van der Waals surface area contributed by atoms with E-state index in [2.05, 4.69) is 5.32 Å². The van der Waals surface area contributed by atoms with Crippen molar-refractivity contribution in [3.63, 3.8) is 0 Å². The monoisotopic (exact) mass is 215 g/mol. The first-order chi connectivity index (χ1) is 7.56. The first-order valence-corrected chi connectivity index (χ1v) is 5.07. The molecule has 0 bridgehead atoms. The number of aryl methyl sites for hydroxylation is 1. The van der Waals surface area contributed by atoms with Crippen molar-refractivity contribution in [3.8, 4) is 5.75 Å². The van der Waals surface area contributed by atoms with E-state index in [0.717, 1.165) is 16.3 Å². The molecular weight excluding hydrogens is 202 g/mol. The molecule has 3 heteroatoms. The lowest BCUT2D eigenvalue weighted by atomic mass is 10.1. The van der Waals surface area contributed by atoms with Gasteiger partial charge in [-0.3, -0.25) is 4.79 Å². The number of benzene rings is 2. The van der Waals surface area contributed by atoms with Gasteiger partial charge < -0.3 is 10.4 Å². The Kier molecular flexibility index (Phi) is 2.52. The van der Waals surface area contributed by atoms with Crippen molar-refractivity contribution < 1.29 is 9.90 Å². The molecule has 0 aliphatic heterocycles. The minimum atomic E-state index is -0.119. The summed E-state index contributed by atoms with van der Waals surface area (Å²) in [5, 5.41) is 14.2. The van der Waals surface area contributed by atoms with Crippen molar-refractivity contribution in [1.82, 2.24) is 0 Å². The number of nitrogens with one attached hydrogen (secondary N) is 1. The van der Waals surface area contributed by atoms with Crippen molar-refractivity contribution in [2.45, 2.75) is 13.8 Å². The van der Waals surface area contributed by atoms with E-state index in [1.54, 1.807) is 12.1 Å². The second-order valence-corrected chi connectivity index (χ2v) is 3.90. The number of anilines is 1. The van der Waals surface area contributed by atoms with Crippen LogP contribution < -0.4 is 5.32 Å². The van der Waals surface area contributed by atoms with Gasteiger partial charge in [0.25, 0.3) is 0 Å². The Bertz CT molecular complexity index is 561. The van der Waals surface area contributed by atoms with E-state index in [9.17, 15) is 9.90 Å². The van der Waals surface area contributed by atoms with Crippen LogP contribution in [0.2, 0.25) is 0 Å². The fourth-order valence-electron chi connectivity index (χ4n) is 1.77.